The van der Waals surface area contributed by atoms with Crippen molar-refractivity contribution in [2.75, 3.05) is 6.54 Å². The van der Waals surface area contributed by atoms with E-state index in [9.17, 15) is 4.79 Å². The van der Waals surface area contributed by atoms with Crippen LogP contribution >= 0.6 is 0 Å². The highest BCUT2D eigenvalue weighted by atomic mass is 16.3. The van der Waals surface area contributed by atoms with E-state index in [1.807, 2.05) is 10.9 Å². The molecule has 0 aliphatic rings. The molecule has 5 heteroatoms. The van der Waals surface area contributed by atoms with Gasteiger partial charge in [0.2, 0.25) is 0 Å². The molecule has 5 nitrogen and oxygen atoms in total. The molecule has 22 heavy (non-hydrogen) atoms. The Morgan fingerprint density at radius 1 is 1.32 bits per heavy atom. The van der Waals surface area contributed by atoms with Crippen LogP contribution in [0, 0.1) is 13.8 Å². The van der Waals surface area contributed by atoms with Gasteiger partial charge in [0.25, 0.3) is 5.91 Å². The lowest BCUT2D eigenvalue weighted by Gasteiger charge is -2.06. The fraction of sp³-hybridized carbons (Fsp3) is 0.294. The average molecular weight is 297 g/mol. The van der Waals surface area contributed by atoms with Crippen molar-refractivity contribution in [3.63, 3.8) is 0 Å². The van der Waals surface area contributed by atoms with Crippen LogP contribution in [0.5, 0.6) is 0 Å². The van der Waals surface area contributed by atoms with Gasteiger partial charge in [0, 0.05) is 18.5 Å². The molecular formula is C17H19N3O2. The molecule has 0 saturated heterocycles. The Hall–Kier alpha value is -2.56. The minimum Gasteiger partial charge on any atom is -0.469 e. The lowest BCUT2D eigenvalue weighted by atomic mass is 10.2. The van der Waals surface area contributed by atoms with E-state index in [1.54, 1.807) is 13.0 Å². The van der Waals surface area contributed by atoms with Crippen LogP contribution < -0.4 is 5.32 Å². The van der Waals surface area contributed by atoms with Crippen LogP contribution in [-0.2, 0) is 6.54 Å². The van der Waals surface area contributed by atoms with Gasteiger partial charge in [0.05, 0.1) is 23.5 Å². The molecule has 3 aromatic rings. The van der Waals surface area contributed by atoms with Crippen LogP contribution in [0.15, 0.2) is 41.1 Å². The third-order valence-electron chi connectivity index (χ3n) is 3.74. The van der Waals surface area contributed by atoms with Crippen LogP contribution in [0.2, 0.25) is 0 Å². The summed E-state index contributed by atoms with van der Waals surface area (Å²) in [6.45, 7) is 5.24. The zero-order chi connectivity index (χ0) is 15.5. The third kappa shape index (κ3) is 2.88. The van der Waals surface area contributed by atoms with Crippen LogP contribution in [0.3, 0.4) is 0 Å². The first kappa shape index (κ1) is 14.4. The highest BCUT2D eigenvalue weighted by Gasteiger charge is 2.10. The van der Waals surface area contributed by atoms with Crippen LogP contribution in [-0.4, -0.2) is 22.2 Å². The SMILES string of the molecule is Cc1ccc2cnn(CCCNC(=O)c3ccoc3C)c2c1. The molecular weight excluding hydrogens is 278 g/mol. The van der Waals surface area contributed by atoms with Crippen molar-refractivity contribution in [2.45, 2.75) is 26.8 Å². The van der Waals surface area contributed by atoms with E-state index in [0.717, 1.165) is 23.9 Å². The second kappa shape index (κ2) is 6.05. The number of benzene rings is 1. The molecule has 1 amide bonds. The number of carbonyl (C=O) groups excluding carboxylic acids is 1. The smallest absolute Gasteiger partial charge is 0.254 e. The van der Waals surface area contributed by atoms with E-state index in [2.05, 4.69) is 35.5 Å². The van der Waals surface area contributed by atoms with Gasteiger partial charge in [-0.3, -0.25) is 9.48 Å². The summed E-state index contributed by atoms with van der Waals surface area (Å²) >= 11 is 0. The Labute approximate surface area is 128 Å². The van der Waals surface area contributed by atoms with Crippen molar-refractivity contribution in [3.05, 3.63) is 53.6 Å². The molecule has 114 valence electrons. The molecule has 1 N–H and O–H groups in total. The number of aromatic nitrogens is 2. The molecule has 2 heterocycles. The van der Waals surface area contributed by atoms with E-state index < -0.39 is 0 Å². The maximum atomic E-state index is 12.0. The van der Waals surface area contributed by atoms with E-state index in [0.29, 0.717) is 17.9 Å². The molecule has 2 aromatic heterocycles. The number of carbonyl (C=O) groups is 1. The number of furan rings is 1. The predicted octanol–water partition coefficient (Wildman–Crippen LogP) is 3.07. The number of amides is 1. The van der Waals surface area contributed by atoms with Gasteiger partial charge in [-0.2, -0.15) is 5.10 Å². The van der Waals surface area contributed by atoms with Crippen molar-refractivity contribution in [2.24, 2.45) is 0 Å². The number of nitrogens with one attached hydrogen (secondary N) is 1. The quantitative estimate of drug-likeness (QED) is 0.736. The van der Waals surface area contributed by atoms with Gasteiger partial charge in [-0.15, -0.1) is 0 Å². The second-order valence-electron chi connectivity index (χ2n) is 5.43. The van der Waals surface area contributed by atoms with E-state index >= 15 is 0 Å². The van der Waals surface area contributed by atoms with Crippen molar-refractivity contribution in [1.29, 1.82) is 0 Å². The molecule has 0 unspecified atom stereocenters. The maximum Gasteiger partial charge on any atom is 0.254 e. The highest BCUT2D eigenvalue weighted by Crippen LogP contribution is 2.15. The summed E-state index contributed by atoms with van der Waals surface area (Å²) in [5, 5.41) is 8.46. The molecule has 0 aliphatic heterocycles. The molecule has 0 radical (unpaired) electrons. The standard InChI is InChI=1S/C17H19N3O2/c1-12-4-5-14-11-19-20(16(14)10-12)8-3-7-18-17(21)15-6-9-22-13(15)2/h4-6,9-11H,3,7-8H2,1-2H3,(H,18,21). The lowest BCUT2D eigenvalue weighted by Crippen LogP contribution is -2.25. The predicted molar refractivity (Wildman–Crippen MR) is 84.9 cm³/mol. The van der Waals surface area contributed by atoms with Crippen LogP contribution in [0.4, 0.5) is 0 Å². The first-order valence-electron chi connectivity index (χ1n) is 7.39. The lowest BCUT2D eigenvalue weighted by molar-refractivity contribution is 0.0951. The molecule has 1 aromatic carbocycles. The van der Waals surface area contributed by atoms with Gasteiger partial charge in [-0.25, -0.2) is 0 Å². The number of hydrogen-bond donors (Lipinski definition) is 1. The number of fused-ring (bicyclic) bond motifs is 1. The van der Waals surface area contributed by atoms with Crippen LogP contribution in [0.25, 0.3) is 10.9 Å². The van der Waals surface area contributed by atoms with E-state index in [-0.39, 0.29) is 5.91 Å². The summed E-state index contributed by atoms with van der Waals surface area (Å²) in [6, 6.07) is 7.99. The number of nitrogens with zero attached hydrogens (tertiary/aromatic N) is 2. The zero-order valence-corrected chi connectivity index (χ0v) is 12.8. The van der Waals surface area contributed by atoms with E-state index in [4.69, 9.17) is 4.42 Å². The second-order valence-corrected chi connectivity index (χ2v) is 5.43. The summed E-state index contributed by atoms with van der Waals surface area (Å²) in [4.78, 5) is 12.0. The largest absolute Gasteiger partial charge is 0.469 e. The average Bonchev–Trinajstić information content (AvgIpc) is 3.09. The van der Waals surface area contributed by atoms with Crippen molar-refractivity contribution in [3.8, 4) is 0 Å². The fourth-order valence-corrected chi connectivity index (χ4v) is 2.51. The number of aryl methyl sites for hydroxylation is 3. The first-order valence-corrected chi connectivity index (χ1v) is 7.39. The maximum absolute atomic E-state index is 12.0. The Balaban J connectivity index is 1.55. The van der Waals surface area contributed by atoms with Crippen molar-refractivity contribution < 1.29 is 9.21 Å². The monoisotopic (exact) mass is 297 g/mol. The fourth-order valence-electron chi connectivity index (χ4n) is 2.51. The molecule has 3 rings (SSSR count). The zero-order valence-electron chi connectivity index (χ0n) is 12.8. The molecule has 0 bridgehead atoms. The summed E-state index contributed by atoms with van der Waals surface area (Å²) in [7, 11) is 0. The molecule has 0 fully saturated rings. The van der Waals surface area contributed by atoms with Gasteiger partial charge in [0.15, 0.2) is 0 Å². The van der Waals surface area contributed by atoms with Gasteiger partial charge >= 0.3 is 0 Å². The van der Waals surface area contributed by atoms with Gasteiger partial charge in [-0.05, 0) is 38.0 Å². The topological polar surface area (TPSA) is 60.1 Å². The van der Waals surface area contributed by atoms with Crippen molar-refractivity contribution >= 4 is 16.8 Å². The van der Waals surface area contributed by atoms with E-state index in [1.165, 1.54) is 11.8 Å². The summed E-state index contributed by atoms with van der Waals surface area (Å²) in [6.07, 6.45) is 4.23. The molecule has 0 atom stereocenters. The normalized spacial score (nSPS) is 11.0. The Kier molecular flexibility index (Phi) is 3.96. The Bertz CT molecular complexity index is 801. The Morgan fingerprint density at radius 3 is 2.95 bits per heavy atom. The van der Waals surface area contributed by atoms with Gasteiger partial charge in [-0.1, -0.05) is 12.1 Å². The molecule has 0 saturated carbocycles. The molecule has 0 aliphatic carbocycles. The van der Waals surface area contributed by atoms with Gasteiger partial charge in [0.1, 0.15) is 5.76 Å². The first-order chi connectivity index (χ1) is 10.6. The summed E-state index contributed by atoms with van der Waals surface area (Å²) in [5.41, 5.74) is 2.95. The highest BCUT2D eigenvalue weighted by molar-refractivity contribution is 5.94. The summed E-state index contributed by atoms with van der Waals surface area (Å²) < 4.78 is 7.12. The van der Waals surface area contributed by atoms with Gasteiger partial charge < -0.3 is 9.73 Å². The van der Waals surface area contributed by atoms with Crippen LogP contribution in [0.1, 0.15) is 28.1 Å². The minimum atomic E-state index is -0.0904. The Morgan fingerprint density at radius 2 is 2.18 bits per heavy atom. The number of hydrogen-bond acceptors (Lipinski definition) is 3. The number of rotatable bonds is 5. The molecule has 0 spiro atoms. The van der Waals surface area contributed by atoms with Crippen molar-refractivity contribution in [1.82, 2.24) is 15.1 Å². The summed E-state index contributed by atoms with van der Waals surface area (Å²) in [5.74, 6) is 0.554. The minimum absolute atomic E-state index is 0.0904. The third-order valence-corrected chi connectivity index (χ3v) is 3.74.